The summed E-state index contributed by atoms with van der Waals surface area (Å²) in [6.07, 6.45) is -1.92. The van der Waals surface area contributed by atoms with Crippen molar-refractivity contribution in [1.29, 1.82) is 0 Å². The maximum atomic E-state index is 15.3. The van der Waals surface area contributed by atoms with Crippen LogP contribution in [0.3, 0.4) is 0 Å². The first-order chi connectivity index (χ1) is 13.8. The molecule has 0 fully saturated rings. The van der Waals surface area contributed by atoms with Crippen LogP contribution in [-0.4, -0.2) is 50.7 Å². The number of nitrogens with zero attached hydrogens (tertiary/aromatic N) is 3. The summed E-state index contributed by atoms with van der Waals surface area (Å²) in [4.78, 5) is 26.1. The zero-order chi connectivity index (χ0) is 22.5. The van der Waals surface area contributed by atoms with Crippen LogP contribution in [0.25, 0.3) is 0 Å². The van der Waals surface area contributed by atoms with Crippen molar-refractivity contribution in [2.45, 2.75) is 90.2 Å². The minimum Gasteiger partial charge on any atom is -0.464 e. The lowest BCUT2D eigenvalue weighted by Gasteiger charge is -2.35. The molecule has 0 saturated carbocycles. The van der Waals surface area contributed by atoms with Gasteiger partial charge in [0.2, 0.25) is 5.67 Å². The molecule has 1 aromatic rings. The van der Waals surface area contributed by atoms with Gasteiger partial charge in [-0.1, -0.05) is 0 Å². The molecule has 168 valence electrons. The normalized spacial score (nSPS) is 25.7. The lowest BCUT2D eigenvalue weighted by atomic mass is 9.95. The summed E-state index contributed by atoms with van der Waals surface area (Å²) in [7, 11) is 0. The van der Waals surface area contributed by atoms with Gasteiger partial charge >= 0.3 is 12.1 Å². The van der Waals surface area contributed by atoms with Crippen LogP contribution in [-0.2, 0) is 39.7 Å². The lowest BCUT2D eigenvalue weighted by molar-refractivity contribution is -0.159. The number of hydrogen-bond donors (Lipinski definition) is 0. The van der Waals surface area contributed by atoms with E-state index < -0.39 is 54.3 Å². The van der Waals surface area contributed by atoms with E-state index in [1.54, 1.807) is 27.7 Å². The van der Waals surface area contributed by atoms with Crippen LogP contribution >= 0.6 is 0 Å². The molecule has 10 heteroatoms. The fourth-order valence-electron chi connectivity index (χ4n) is 3.90. The predicted molar refractivity (Wildman–Crippen MR) is 101 cm³/mol. The number of aromatic nitrogens is 2. The SMILES string of the molecule is CCOC(=O)C1(F)CCC(F)(F)c2c3c(nn2C1)C[C@@H](C)N(C(=O)OC(C)(C)C)C3. The van der Waals surface area contributed by atoms with Gasteiger partial charge < -0.3 is 14.4 Å². The summed E-state index contributed by atoms with van der Waals surface area (Å²) in [5, 5.41) is 4.21. The van der Waals surface area contributed by atoms with Gasteiger partial charge in [-0.3, -0.25) is 4.68 Å². The van der Waals surface area contributed by atoms with E-state index in [4.69, 9.17) is 9.47 Å². The maximum Gasteiger partial charge on any atom is 0.410 e. The first kappa shape index (κ1) is 22.4. The minimum absolute atomic E-state index is 0.0499. The zero-order valence-corrected chi connectivity index (χ0v) is 17.9. The van der Waals surface area contributed by atoms with Gasteiger partial charge in [0.05, 0.1) is 25.4 Å². The van der Waals surface area contributed by atoms with Crippen molar-refractivity contribution in [3.8, 4) is 0 Å². The monoisotopic (exact) mass is 431 g/mol. The molecular weight excluding hydrogens is 403 g/mol. The highest BCUT2D eigenvalue weighted by molar-refractivity contribution is 5.79. The van der Waals surface area contributed by atoms with Crippen molar-refractivity contribution in [2.75, 3.05) is 6.61 Å². The molecule has 0 spiro atoms. The first-order valence-corrected chi connectivity index (χ1v) is 10.1. The van der Waals surface area contributed by atoms with Gasteiger partial charge in [0.1, 0.15) is 11.3 Å². The Morgan fingerprint density at radius 1 is 1.23 bits per heavy atom. The van der Waals surface area contributed by atoms with E-state index in [-0.39, 0.29) is 31.2 Å². The van der Waals surface area contributed by atoms with Crippen LogP contribution < -0.4 is 0 Å². The molecule has 1 unspecified atom stereocenters. The third-order valence-corrected chi connectivity index (χ3v) is 5.33. The number of halogens is 3. The highest BCUT2D eigenvalue weighted by atomic mass is 19.3. The van der Waals surface area contributed by atoms with E-state index in [0.717, 1.165) is 4.68 Å². The van der Waals surface area contributed by atoms with Crippen LogP contribution in [0.1, 0.15) is 64.4 Å². The molecule has 0 bridgehead atoms. The van der Waals surface area contributed by atoms with E-state index in [2.05, 4.69) is 5.10 Å². The second-order valence-corrected chi connectivity index (χ2v) is 8.98. The van der Waals surface area contributed by atoms with Crippen molar-refractivity contribution in [3.05, 3.63) is 17.0 Å². The smallest absolute Gasteiger partial charge is 0.410 e. The summed E-state index contributed by atoms with van der Waals surface area (Å²) < 4.78 is 56.5. The fraction of sp³-hybridized carbons (Fsp3) is 0.750. The van der Waals surface area contributed by atoms with Gasteiger partial charge in [-0.15, -0.1) is 0 Å². The summed E-state index contributed by atoms with van der Waals surface area (Å²) in [5.74, 6) is -4.56. The number of alkyl halides is 3. The van der Waals surface area contributed by atoms with Crippen LogP contribution in [0, 0.1) is 0 Å². The number of hydrogen-bond acceptors (Lipinski definition) is 5. The number of esters is 1. The van der Waals surface area contributed by atoms with Crippen molar-refractivity contribution < 1.29 is 32.2 Å². The summed E-state index contributed by atoms with van der Waals surface area (Å²) >= 11 is 0. The van der Waals surface area contributed by atoms with Crippen molar-refractivity contribution in [2.24, 2.45) is 0 Å². The van der Waals surface area contributed by atoms with Gasteiger partial charge in [0.15, 0.2) is 0 Å². The Labute approximate surface area is 173 Å². The summed E-state index contributed by atoms with van der Waals surface area (Å²) in [6.45, 7) is 7.65. The fourth-order valence-corrected chi connectivity index (χ4v) is 3.90. The van der Waals surface area contributed by atoms with Gasteiger partial charge in [-0.25, -0.2) is 14.0 Å². The quantitative estimate of drug-likeness (QED) is 0.668. The molecule has 0 radical (unpaired) electrons. The molecule has 1 aromatic heterocycles. The minimum atomic E-state index is -3.40. The number of rotatable bonds is 2. The van der Waals surface area contributed by atoms with Crippen LogP contribution in [0.2, 0.25) is 0 Å². The number of carbonyl (C=O) groups is 2. The van der Waals surface area contributed by atoms with Crippen LogP contribution in [0.5, 0.6) is 0 Å². The molecule has 0 aliphatic carbocycles. The van der Waals surface area contributed by atoms with Crippen LogP contribution in [0.15, 0.2) is 0 Å². The Kier molecular flexibility index (Phi) is 5.57. The average Bonchev–Trinajstić information content (AvgIpc) is 2.90. The zero-order valence-electron chi connectivity index (χ0n) is 17.9. The highest BCUT2D eigenvalue weighted by Crippen LogP contribution is 2.44. The molecular formula is C20H28F3N3O4. The molecule has 2 aliphatic heterocycles. The van der Waals surface area contributed by atoms with Gasteiger partial charge in [-0.05, 0) is 34.6 Å². The molecule has 0 aromatic carbocycles. The van der Waals surface area contributed by atoms with Crippen molar-refractivity contribution in [3.63, 3.8) is 0 Å². The largest absolute Gasteiger partial charge is 0.464 e. The molecule has 0 saturated heterocycles. The third kappa shape index (κ3) is 4.13. The second kappa shape index (κ2) is 7.46. The van der Waals surface area contributed by atoms with E-state index in [0.29, 0.717) is 5.69 Å². The van der Waals surface area contributed by atoms with Crippen molar-refractivity contribution >= 4 is 12.1 Å². The Morgan fingerprint density at radius 3 is 2.50 bits per heavy atom. The van der Waals surface area contributed by atoms with E-state index >= 15 is 13.2 Å². The Bertz CT molecular complexity index is 849. The van der Waals surface area contributed by atoms with E-state index in [1.807, 2.05) is 0 Å². The Balaban J connectivity index is 1.98. The molecule has 3 rings (SSSR count). The summed E-state index contributed by atoms with van der Waals surface area (Å²) in [5.41, 5.74) is -3.19. The Morgan fingerprint density at radius 2 is 1.90 bits per heavy atom. The molecule has 1 amide bonds. The molecule has 30 heavy (non-hydrogen) atoms. The first-order valence-electron chi connectivity index (χ1n) is 10.1. The lowest BCUT2D eigenvalue weighted by Crippen LogP contribution is -2.45. The van der Waals surface area contributed by atoms with Crippen molar-refractivity contribution in [1.82, 2.24) is 14.7 Å². The maximum absolute atomic E-state index is 15.3. The molecule has 3 heterocycles. The molecule has 0 N–H and O–H groups in total. The molecule has 7 nitrogen and oxygen atoms in total. The topological polar surface area (TPSA) is 73.7 Å². The third-order valence-electron chi connectivity index (χ3n) is 5.33. The van der Waals surface area contributed by atoms with Gasteiger partial charge in [0.25, 0.3) is 5.92 Å². The Hall–Kier alpha value is -2.26. The number of ether oxygens (including phenoxy) is 2. The molecule has 2 atom stereocenters. The standard InChI is InChI=1S/C20H28F3N3O4/c1-6-29-16(27)19(21)7-8-20(22,23)15-13-10-25(17(28)30-18(3,4)5)12(2)9-14(13)24-26(15)11-19/h12H,6-11H2,1-5H3/t12-,19?/m1/s1. The van der Waals surface area contributed by atoms with Gasteiger partial charge in [-0.2, -0.15) is 13.9 Å². The highest BCUT2D eigenvalue weighted by Gasteiger charge is 2.52. The molecule has 2 aliphatic rings. The van der Waals surface area contributed by atoms with E-state index in [9.17, 15) is 9.59 Å². The predicted octanol–water partition coefficient (Wildman–Crippen LogP) is 3.72. The number of amides is 1. The average molecular weight is 431 g/mol. The summed E-state index contributed by atoms with van der Waals surface area (Å²) in [6, 6.07) is -0.333. The second-order valence-electron chi connectivity index (χ2n) is 8.98. The number of carbonyl (C=O) groups excluding carboxylic acids is 2. The van der Waals surface area contributed by atoms with Crippen LogP contribution in [0.4, 0.5) is 18.0 Å². The number of fused-ring (bicyclic) bond motifs is 3. The van der Waals surface area contributed by atoms with Gasteiger partial charge in [0, 0.05) is 30.9 Å². The van der Waals surface area contributed by atoms with E-state index in [1.165, 1.54) is 11.8 Å².